The maximum atomic E-state index is 13.3. The number of amides is 1. The van der Waals surface area contributed by atoms with Crippen molar-refractivity contribution in [2.24, 2.45) is 0 Å². The van der Waals surface area contributed by atoms with Crippen molar-refractivity contribution >= 4 is 56.0 Å². The number of carbonyl (C=O) groups excluding carboxylic acids is 1. The molecule has 32 heavy (non-hydrogen) atoms. The average molecular weight is 581 g/mol. The highest BCUT2D eigenvalue weighted by atomic mass is 127. The molecular formula is C24H25IN2O3S2. The Morgan fingerprint density at radius 2 is 1.72 bits per heavy atom. The molecule has 0 aliphatic heterocycles. The number of rotatable bonds is 10. The third-order valence-electron chi connectivity index (χ3n) is 4.65. The monoisotopic (exact) mass is 580 g/mol. The lowest BCUT2D eigenvalue weighted by Gasteiger charge is -2.24. The van der Waals surface area contributed by atoms with Gasteiger partial charge in [0.25, 0.3) is 10.0 Å². The Morgan fingerprint density at radius 3 is 2.41 bits per heavy atom. The van der Waals surface area contributed by atoms with Crippen LogP contribution in [0.1, 0.15) is 11.1 Å². The number of thioether (sulfide) groups is 1. The molecule has 0 aliphatic carbocycles. The van der Waals surface area contributed by atoms with Crippen LogP contribution >= 0.6 is 34.4 Å². The summed E-state index contributed by atoms with van der Waals surface area (Å²) in [6, 6.07) is 23.6. The quantitative estimate of drug-likeness (QED) is 0.275. The van der Waals surface area contributed by atoms with Crippen molar-refractivity contribution in [3.8, 4) is 0 Å². The minimum Gasteiger partial charge on any atom is -0.354 e. The Balaban J connectivity index is 1.61. The van der Waals surface area contributed by atoms with Gasteiger partial charge in [0, 0.05) is 21.6 Å². The fourth-order valence-corrected chi connectivity index (χ4v) is 5.69. The lowest BCUT2D eigenvalue weighted by atomic mass is 10.2. The topological polar surface area (TPSA) is 66.5 Å². The predicted molar refractivity (Wildman–Crippen MR) is 140 cm³/mol. The van der Waals surface area contributed by atoms with E-state index < -0.39 is 10.0 Å². The van der Waals surface area contributed by atoms with E-state index in [0.29, 0.717) is 12.2 Å². The maximum absolute atomic E-state index is 13.3. The van der Waals surface area contributed by atoms with Crippen molar-refractivity contribution in [3.05, 3.63) is 93.6 Å². The van der Waals surface area contributed by atoms with Crippen molar-refractivity contribution in [1.82, 2.24) is 5.32 Å². The zero-order valence-corrected chi connectivity index (χ0v) is 21.5. The number of hydrogen-bond donors (Lipinski definition) is 1. The summed E-state index contributed by atoms with van der Waals surface area (Å²) in [5.74, 6) is 1.28. The molecule has 0 aliphatic rings. The lowest BCUT2D eigenvalue weighted by molar-refractivity contribution is -0.119. The number of anilines is 1. The van der Waals surface area contributed by atoms with Gasteiger partial charge in [0.2, 0.25) is 5.91 Å². The van der Waals surface area contributed by atoms with Crippen LogP contribution < -0.4 is 9.62 Å². The largest absolute Gasteiger partial charge is 0.354 e. The van der Waals surface area contributed by atoms with E-state index in [1.54, 1.807) is 42.1 Å². The van der Waals surface area contributed by atoms with Crippen LogP contribution in [0.15, 0.2) is 83.8 Å². The van der Waals surface area contributed by atoms with E-state index in [0.717, 1.165) is 19.4 Å². The van der Waals surface area contributed by atoms with E-state index >= 15 is 0 Å². The summed E-state index contributed by atoms with van der Waals surface area (Å²) in [5.41, 5.74) is 2.94. The SMILES string of the molecule is Cc1cccc(CSCCNC(=O)CN(c2ccc(I)cc2)S(=O)(=O)c2ccccc2)c1. The third kappa shape index (κ3) is 6.98. The molecule has 3 rings (SSSR count). The van der Waals surface area contributed by atoms with Gasteiger partial charge < -0.3 is 5.32 Å². The number of nitrogens with zero attached hydrogens (tertiary/aromatic N) is 1. The molecule has 0 heterocycles. The Kier molecular flexibility index (Phi) is 9.01. The van der Waals surface area contributed by atoms with E-state index in [9.17, 15) is 13.2 Å². The summed E-state index contributed by atoms with van der Waals surface area (Å²) in [6.07, 6.45) is 0. The van der Waals surface area contributed by atoms with Crippen molar-refractivity contribution in [1.29, 1.82) is 0 Å². The van der Waals surface area contributed by atoms with Crippen molar-refractivity contribution in [2.75, 3.05) is 23.1 Å². The predicted octanol–water partition coefficient (Wildman–Crippen LogP) is 4.84. The molecule has 0 aromatic heterocycles. The first kappa shape index (κ1) is 24.6. The van der Waals surface area contributed by atoms with Crippen LogP contribution in [0.3, 0.4) is 0 Å². The Labute approximate surface area is 207 Å². The maximum Gasteiger partial charge on any atom is 0.264 e. The lowest BCUT2D eigenvalue weighted by Crippen LogP contribution is -2.41. The number of carbonyl (C=O) groups is 1. The smallest absolute Gasteiger partial charge is 0.264 e. The first-order valence-electron chi connectivity index (χ1n) is 10.1. The molecule has 0 saturated heterocycles. The molecule has 3 aromatic carbocycles. The van der Waals surface area contributed by atoms with Crippen molar-refractivity contribution < 1.29 is 13.2 Å². The van der Waals surface area contributed by atoms with Crippen LogP contribution in [-0.2, 0) is 20.6 Å². The van der Waals surface area contributed by atoms with E-state index in [2.05, 4.69) is 53.0 Å². The molecule has 3 aromatic rings. The minimum absolute atomic E-state index is 0.153. The Bertz CT molecular complexity index is 1140. The number of nitrogens with one attached hydrogen (secondary N) is 1. The van der Waals surface area contributed by atoms with Crippen LogP contribution in [0, 0.1) is 10.5 Å². The molecular weight excluding hydrogens is 555 g/mol. The molecule has 168 valence electrons. The second-order valence-electron chi connectivity index (χ2n) is 7.19. The second-order valence-corrected chi connectivity index (χ2v) is 11.4. The minimum atomic E-state index is -3.87. The van der Waals surface area contributed by atoms with Gasteiger partial charge in [-0.15, -0.1) is 0 Å². The zero-order chi connectivity index (χ0) is 23.0. The third-order valence-corrected chi connectivity index (χ3v) is 8.19. The van der Waals surface area contributed by atoms with Gasteiger partial charge in [0.15, 0.2) is 0 Å². The molecule has 0 radical (unpaired) electrons. The first-order valence-corrected chi connectivity index (χ1v) is 13.8. The fraction of sp³-hybridized carbons (Fsp3) is 0.208. The van der Waals surface area contributed by atoms with Crippen LogP contribution in [-0.4, -0.2) is 33.2 Å². The Morgan fingerprint density at radius 1 is 1.00 bits per heavy atom. The van der Waals surface area contributed by atoms with E-state index in [1.165, 1.54) is 23.3 Å². The van der Waals surface area contributed by atoms with E-state index in [1.807, 2.05) is 18.2 Å². The number of aryl methyl sites for hydroxylation is 1. The van der Waals surface area contributed by atoms with E-state index in [-0.39, 0.29) is 17.3 Å². The van der Waals surface area contributed by atoms with Crippen molar-refractivity contribution in [3.63, 3.8) is 0 Å². The molecule has 1 amide bonds. The highest BCUT2D eigenvalue weighted by Gasteiger charge is 2.26. The molecule has 0 bridgehead atoms. The molecule has 0 spiro atoms. The first-order chi connectivity index (χ1) is 15.4. The highest BCUT2D eigenvalue weighted by molar-refractivity contribution is 14.1. The number of sulfonamides is 1. The van der Waals surface area contributed by atoms with Gasteiger partial charge in [-0.25, -0.2) is 8.42 Å². The summed E-state index contributed by atoms with van der Waals surface area (Å²) in [4.78, 5) is 12.8. The molecule has 5 nitrogen and oxygen atoms in total. The van der Waals surface area contributed by atoms with Crippen LogP contribution in [0.2, 0.25) is 0 Å². The standard InChI is InChI=1S/C24H25IN2O3S2/c1-19-6-5-7-20(16-19)18-31-15-14-26-24(28)17-27(22-12-10-21(25)11-13-22)32(29,30)23-8-3-2-4-9-23/h2-13,16H,14-15,17-18H2,1H3,(H,26,28). The Hall–Kier alpha value is -2.04. The fourth-order valence-electron chi connectivity index (χ4n) is 3.08. The van der Waals surface area contributed by atoms with Gasteiger partial charge in [-0.2, -0.15) is 11.8 Å². The van der Waals surface area contributed by atoms with Gasteiger partial charge >= 0.3 is 0 Å². The second kappa shape index (κ2) is 11.7. The van der Waals surface area contributed by atoms with Gasteiger partial charge in [0.05, 0.1) is 10.6 Å². The molecule has 8 heteroatoms. The van der Waals surface area contributed by atoms with Gasteiger partial charge in [-0.1, -0.05) is 48.0 Å². The molecule has 0 saturated carbocycles. The summed E-state index contributed by atoms with van der Waals surface area (Å²) in [6.45, 7) is 2.26. The van der Waals surface area contributed by atoms with Crippen molar-refractivity contribution in [2.45, 2.75) is 17.6 Å². The molecule has 0 fully saturated rings. The van der Waals surface area contributed by atoms with Crippen LogP contribution in [0.4, 0.5) is 5.69 Å². The summed E-state index contributed by atoms with van der Waals surface area (Å²) < 4.78 is 28.7. The summed E-state index contributed by atoms with van der Waals surface area (Å²) in [7, 11) is -3.87. The molecule has 0 unspecified atom stereocenters. The molecule has 0 atom stereocenters. The van der Waals surface area contributed by atoms with Crippen LogP contribution in [0.5, 0.6) is 0 Å². The molecule has 1 N–H and O–H groups in total. The summed E-state index contributed by atoms with van der Waals surface area (Å²) >= 11 is 3.89. The number of hydrogen-bond acceptors (Lipinski definition) is 4. The van der Waals surface area contributed by atoms with Crippen LogP contribution in [0.25, 0.3) is 0 Å². The van der Waals surface area contributed by atoms with Gasteiger partial charge in [-0.05, 0) is 71.5 Å². The van der Waals surface area contributed by atoms with Gasteiger partial charge in [-0.3, -0.25) is 9.10 Å². The van der Waals surface area contributed by atoms with E-state index in [4.69, 9.17) is 0 Å². The normalized spacial score (nSPS) is 11.2. The number of halogens is 1. The zero-order valence-electron chi connectivity index (χ0n) is 17.7. The number of benzene rings is 3. The van der Waals surface area contributed by atoms with Gasteiger partial charge in [0.1, 0.15) is 6.54 Å². The average Bonchev–Trinajstić information content (AvgIpc) is 2.78. The summed E-state index contributed by atoms with van der Waals surface area (Å²) in [5, 5.41) is 2.85. The highest BCUT2D eigenvalue weighted by Crippen LogP contribution is 2.24.